The molecule has 1 saturated carbocycles. The monoisotopic (exact) mass is 283 g/mol. The molecule has 0 saturated heterocycles. The van der Waals surface area contributed by atoms with Crippen molar-refractivity contribution in [1.29, 1.82) is 0 Å². The Morgan fingerprint density at radius 3 is 2.81 bits per heavy atom. The van der Waals surface area contributed by atoms with Crippen LogP contribution in [0.3, 0.4) is 0 Å². The topological polar surface area (TPSA) is 59.3 Å². The molecular formula is C17H17NO3. The van der Waals surface area contributed by atoms with E-state index in [4.69, 9.17) is 0 Å². The fourth-order valence-electron chi connectivity index (χ4n) is 4.18. The number of aryl methyl sites for hydroxylation is 1. The van der Waals surface area contributed by atoms with E-state index < -0.39 is 5.97 Å². The van der Waals surface area contributed by atoms with E-state index >= 15 is 0 Å². The molecule has 0 bridgehead atoms. The molecule has 4 nitrogen and oxygen atoms in total. The number of carbonyl (C=O) groups is 1. The summed E-state index contributed by atoms with van der Waals surface area (Å²) in [5, 5.41) is 9.88. The lowest BCUT2D eigenvalue weighted by Gasteiger charge is -2.27. The molecule has 2 aliphatic rings. The summed E-state index contributed by atoms with van der Waals surface area (Å²) in [6, 6.07) is 4.33. The van der Waals surface area contributed by atoms with Crippen molar-refractivity contribution in [3.8, 4) is 0 Å². The average molecular weight is 283 g/mol. The number of hydrogen-bond donors (Lipinski definition) is 1. The number of rotatable bonds is 1. The Morgan fingerprint density at radius 1 is 1.29 bits per heavy atom. The maximum absolute atomic E-state index is 12.5. The zero-order valence-electron chi connectivity index (χ0n) is 11.9. The minimum atomic E-state index is -1.13. The fourth-order valence-corrected chi connectivity index (χ4v) is 4.18. The molecule has 0 spiro atoms. The molecule has 0 radical (unpaired) electrons. The number of hydrogen-bond acceptors (Lipinski definition) is 2. The van der Waals surface area contributed by atoms with E-state index in [1.807, 2.05) is 13.0 Å². The van der Waals surface area contributed by atoms with Gasteiger partial charge in [0.1, 0.15) is 5.56 Å². The van der Waals surface area contributed by atoms with Gasteiger partial charge in [0.25, 0.3) is 0 Å². The van der Waals surface area contributed by atoms with Gasteiger partial charge in [-0.2, -0.15) is 0 Å². The van der Waals surface area contributed by atoms with Crippen LogP contribution in [0.4, 0.5) is 0 Å². The molecular weight excluding hydrogens is 266 g/mol. The number of carboxylic acids is 1. The van der Waals surface area contributed by atoms with Crippen molar-refractivity contribution in [1.82, 2.24) is 4.57 Å². The van der Waals surface area contributed by atoms with E-state index in [0.29, 0.717) is 17.3 Å². The highest BCUT2D eigenvalue weighted by atomic mass is 16.4. The SMILES string of the molecule is Cc1cc2c3c(c1)c(=O)c(C(=O)O)cn3C1CCCCC21. The van der Waals surface area contributed by atoms with E-state index in [2.05, 4.69) is 10.6 Å². The number of carboxylic acid groups (broad SMARTS) is 1. The van der Waals surface area contributed by atoms with Crippen LogP contribution in [0.2, 0.25) is 0 Å². The van der Waals surface area contributed by atoms with Gasteiger partial charge in [-0.3, -0.25) is 4.79 Å². The minimum absolute atomic E-state index is 0.106. The van der Waals surface area contributed by atoms with Gasteiger partial charge in [0.05, 0.1) is 5.52 Å². The minimum Gasteiger partial charge on any atom is -0.477 e. The molecule has 1 fully saturated rings. The molecule has 108 valence electrons. The molecule has 21 heavy (non-hydrogen) atoms. The lowest BCUT2D eigenvalue weighted by molar-refractivity contribution is 0.0694. The standard InChI is InChI=1S/C17H17NO3/c1-9-6-11-10-4-2-3-5-14(10)18-8-13(17(20)21)16(19)12(7-9)15(11)18/h6-8,10,14H,2-5H2,1H3,(H,20,21). The van der Waals surface area contributed by atoms with E-state index in [1.54, 1.807) is 6.20 Å². The van der Waals surface area contributed by atoms with Crippen LogP contribution in [0.1, 0.15) is 59.1 Å². The van der Waals surface area contributed by atoms with Gasteiger partial charge in [0.2, 0.25) is 5.43 Å². The van der Waals surface area contributed by atoms with Crippen LogP contribution in [0.5, 0.6) is 0 Å². The molecule has 4 heteroatoms. The second-order valence-corrected chi connectivity index (χ2v) is 6.29. The maximum Gasteiger partial charge on any atom is 0.341 e. The van der Waals surface area contributed by atoms with Crippen molar-refractivity contribution in [2.75, 3.05) is 0 Å². The second-order valence-electron chi connectivity index (χ2n) is 6.29. The number of aromatic carboxylic acids is 1. The van der Waals surface area contributed by atoms with Gasteiger partial charge in [0.15, 0.2) is 0 Å². The quantitative estimate of drug-likeness (QED) is 0.874. The van der Waals surface area contributed by atoms with E-state index in [9.17, 15) is 14.7 Å². The van der Waals surface area contributed by atoms with Crippen LogP contribution < -0.4 is 5.43 Å². The average Bonchev–Trinajstić information content (AvgIpc) is 2.77. The molecule has 2 unspecified atom stereocenters. The summed E-state index contributed by atoms with van der Waals surface area (Å²) in [7, 11) is 0. The van der Waals surface area contributed by atoms with Crippen LogP contribution in [-0.2, 0) is 0 Å². The Morgan fingerprint density at radius 2 is 2.05 bits per heavy atom. The summed E-state index contributed by atoms with van der Waals surface area (Å²) in [5.41, 5.74) is 2.79. The van der Waals surface area contributed by atoms with Crippen LogP contribution in [0, 0.1) is 6.92 Å². The molecule has 2 heterocycles. The van der Waals surface area contributed by atoms with Gasteiger partial charge >= 0.3 is 5.97 Å². The van der Waals surface area contributed by atoms with E-state index in [1.165, 1.54) is 18.4 Å². The number of nitrogens with zero attached hydrogens (tertiary/aromatic N) is 1. The number of aromatic nitrogens is 1. The first-order valence-corrected chi connectivity index (χ1v) is 7.50. The fraction of sp³-hybridized carbons (Fsp3) is 0.412. The normalized spacial score (nSPS) is 23.3. The van der Waals surface area contributed by atoms with E-state index in [0.717, 1.165) is 23.9 Å². The Bertz CT molecular complexity index is 834. The van der Waals surface area contributed by atoms with Gasteiger partial charge in [-0.25, -0.2) is 4.79 Å². The Balaban J connectivity index is 2.14. The summed E-state index contributed by atoms with van der Waals surface area (Å²) >= 11 is 0. The highest BCUT2D eigenvalue weighted by Gasteiger charge is 2.36. The zero-order chi connectivity index (χ0) is 14.7. The third-order valence-electron chi connectivity index (χ3n) is 5.02. The lowest BCUT2D eigenvalue weighted by Crippen LogP contribution is -2.20. The third kappa shape index (κ3) is 1.62. The van der Waals surface area contributed by atoms with Crippen molar-refractivity contribution in [2.45, 2.75) is 44.6 Å². The van der Waals surface area contributed by atoms with Crippen molar-refractivity contribution in [3.05, 3.63) is 45.2 Å². The summed E-state index contributed by atoms with van der Waals surface area (Å²) < 4.78 is 2.07. The predicted octanol–water partition coefficient (Wildman–Crippen LogP) is 3.22. The van der Waals surface area contributed by atoms with Gasteiger partial charge in [-0.05, 0) is 37.0 Å². The molecule has 2 aromatic rings. The summed E-state index contributed by atoms with van der Waals surface area (Å²) in [4.78, 5) is 23.8. The Kier molecular flexibility index (Phi) is 2.52. The van der Waals surface area contributed by atoms with Gasteiger partial charge in [-0.1, -0.05) is 18.9 Å². The first kappa shape index (κ1) is 12.6. The van der Waals surface area contributed by atoms with Crippen molar-refractivity contribution in [3.63, 3.8) is 0 Å². The molecule has 0 amide bonds. The summed E-state index contributed by atoms with van der Waals surface area (Å²) in [5.74, 6) is -0.697. The van der Waals surface area contributed by atoms with Crippen LogP contribution >= 0.6 is 0 Å². The largest absolute Gasteiger partial charge is 0.477 e. The lowest BCUT2D eigenvalue weighted by atomic mass is 9.82. The maximum atomic E-state index is 12.5. The molecule has 2 atom stereocenters. The van der Waals surface area contributed by atoms with Crippen LogP contribution in [-0.4, -0.2) is 15.6 Å². The van der Waals surface area contributed by atoms with Crippen molar-refractivity contribution in [2.24, 2.45) is 0 Å². The molecule has 1 aromatic carbocycles. The first-order valence-electron chi connectivity index (χ1n) is 7.50. The highest BCUT2D eigenvalue weighted by Crippen LogP contribution is 2.49. The zero-order valence-corrected chi connectivity index (χ0v) is 11.9. The smallest absolute Gasteiger partial charge is 0.341 e. The molecule has 1 N–H and O–H groups in total. The molecule has 4 rings (SSSR count). The molecule has 1 aliphatic heterocycles. The van der Waals surface area contributed by atoms with Gasteiger partial charge in [-0.15, -0.1) is 0 Å². The third-order valence-corrected chi connectivity index (χ3v) is 5.02. The highest BCUT2D eigenvalue weighted by molar-refractivity contribution is 5.94. The first-order chi connectivity index (χ1) is 10.1. The number of benzene rings is 1. The second kappa shape index (κ2) is 4.20. The molecule has 1 aliphatic carbocycles. The van der Waals surface area contributed by atoms with Crippen LogP contribution in [0.25, 0.3) is 10.9 Å². The number of pyridine rings is 1. The summed E-state index contributed by atoms with van der Waals surface area (Å²) in [6.07, 6.45) is 6.14. The Hall–Kier alpha value is -2.10. The van der Waals surface area contributed by atoms with Crippen molar-refractivity contribution < 1.29 is 9.90 Å². The van der Waals surface area contributed by atoms with Crippen molar-refractivity contribution >= 4 is 16.9 Å². The van der Waals surface area contributed by atoms with E-state index in [-0.39, 0.29) is 11.0 Å². The Labute approximate surface area is 122 Å². The van der Waals surface area contributed by atoms with Gasteiger partial charge in [0, 0.05) is 23.5 Å². The number of fused-ring (bicyclic) bond motifs is 3. The molecule has 1 aromatic heterocycles. The predicted molar refractivity (Wildman–Crippen MR) is 80.2 cm³/mol. The van der Waals surface area contributed by atoms with Gasteiger partial charge < -0.3 is 9.67 Å². The van der Waals surface area contributed by atoms with Crippen LogP contribution in [0.15, 0.2) is 23.1 Å². The summed E-state index contributed by atoms with van der Waals surface area (Å²) in [6.45, 7) is 1.98.